The molecule has 1 atom stereocenters. The molecule has 0 fully saturated rings. The quantitative estimate of drug-likeness (QED) is 0.331. The van der Waals surface area contributed by atoms with Crippen LogP contribution in [0.1, 0.15) is 33.3 Å². The van der Waals surface area contributed by atoms with Gasteiger partial charge in [0.15, 0.2) is 13.9 Å². The first-order valence-electron chi connectivity index (χ1n) is 8.25. The van der Waals surface area contributed by atoms with Crippen LogP contribution < -0.4 is 4.74 Å². The molecule has 1 unspecified atom stereocenters. The molecule has 3 nitrogen and oxygen atoms in total. The van der Waals surface area contributed by atoms with E-state index in [0.29, 0.717) is 13.2 Å². The predicted octanol–water partition coefficient (Wildman–Crippen LogP) is 5.74. The van der Waals surface area contributed by atoms with Gasteiger partial charge in [0, 0.05) is 0 Å². The minimum Gasteiger partial charge on any atom is -0.497 e. The van der Waals surface area contributed by atoms with E-state index >= 15 is 0 Å². The summed E-state index contributed by atoms with van der Waals surface area (Å²) < 4.78 is 17.0. The van der Waals surface area contributed by atoms with Crippen LogP contribution in [-0.2, 0) is 15.8 Å². The van der Waals surface area contributed by atoms with Crippen molar-refractivity contribution in [2.45, 2.75) is 58.0 Å². The zero-order valence-electron chi connectivity index (χ0n) is 16.0. The van der Waals surface area contributed by atoms with E-state index in [4.69, 9.17) is 25.5 Å². The van der Waals surface area contributed by atoms with Crippen molar-refractivity contribution in [3.63, 3.8) is 0 Å². The molecule has 1 aromatic carbocycles. The topological polar surface area (TPSA) is 27.7 Å². The van der Waals surface area contributed by atoms with Gasteiger partial charge in [-0.25, -0.2) is 0 Å². The maximum Gasteiger partial charge on any atom is 0.192 e. The van der Waals surface area contributed by atoms with Crippen molar-refractivity contribution in [2.75, 3.05) is 13.7 Å². The molecule has 0 aliphatic heterocycles. The Kier molecular flexibility index (Phi) is 8.00. The van der Waals surface area contributed by atoms with Gasteiger partial charge in [-0.1, -0.05) is 44.5 Å². The van der Waals surface area contributed by atoms with E-state index in [-0.39, 0.29) is 5.04 Å². The molecule has 24 heavy (non-hydrogen) atoms. The SMILES string of the molecule is COc1ccc(COC(Cl)/C=C(\C)CO[Si](C)(C)C(C)(C)C)cc1. The number of rotatable bonds is 8. The van der Waals surface area contributed by atoms with Crippen LogP contribution in [0.15, 0.2) is 35.9 Å². The van der Waals surface area contributed by atoms with Gasteiger partial charge in [0.25, 0.3) is 0 Å². The lowest BCUT2D eigenvalue weighted by atomic mass is 10.2. The van der Waals surface area contributed by atoms with Crippen molar-refractivity contribution in [1.82, 2.24) is 0 Å². The van der Waals surface area contributed by atoms with Gasteiger partial charge in [-0.3, -0.25) is 0 Å². The molecule has 0 bridgehead atoms. The number of ether oxygens (including phenoxy) is 2. The lowest BCUT2D eigenvalue weighted by molar-refractivity contribution is 0.121. The fourth-order valence-electron chi connectivity index (χ4n) is 1.73. The monoisotopic (exact) mass is 370 g/mol. The number of benzene rings is 1. The van der Waals surface area contributed by atoms with Gasteiger partial charge in [-0.05, 0) is 54.4 Å². The molecular weight excluding hydrogens is 340 g/mol. The normalized spacial score (nSPS) is 14.6. The van der Waals surface area contributed by atoms with Gasteiger partial charge < -0.3 is 13.9 Å². The molecule has 0 heterocycles. The standard InChI is InChI=1S/C19H31ClO3Si/c1-15(13-23-24(6,7)19(2,3)4)12-18(20)22-14-16-8-10-17(21-5)11-9-16/h8-12,18H,13-14H2,1-7H3/b15-12+. The van der Waals surface area contributed by atoms with Crippen LogP contribution in [0.5, 0.6) is 5.75 Å². The maximum atomic E-state index is 6.26. The third-order valence-corrected chi connectivity index (χ3v) is 9.18. The fraction of sp³-hybridized carbons (Fsp3) is 0.579. The Bertz CT molecular complexity index is 533. The van der Waals surface area contributed by atoms with Crippen molar-refractivity contribution in [3.8, 4) is 5.75 Å². The number of methoxy groups -OCH3 is 1. The molecule has 0 amide bonds. The van der Waals surface area contributed by atoms with Crippen molar-refractivity contribution in [2.24, 2.45) is 0 Å². The molecule has 0 aliphatic rings. The van der Waals surface area contributed by atoms with E-state index in [1.54, 1.807) is 7.11 Å². The van der Waals surface area contributed by atoms with Gasteiger partial charge >= 0.3 is 0 Å². The fourth-order valence-corrected chi connectivity index (χ4v) is 3.03. The van der Waals surface area contributed by atoms with E-state index in [2.05, 4.69) is 33.9 Å². The van der Waals surface area contributed by atoms with Crippen molar-refractivity contribution in [3.05, 3.63) is 41.5 Å². The van der Waals surface area contributed by atoms with Crippen molar-refractivity contribution >= 4 is 19.9 Å². The summed E-state index contributed by atoms with van der Waals surface area (Å²) in [6.07, 6.45) is 1.91. The Morgan fingerprint density at radius 1 is 1.21 bits per heavy atom. The smallest absolute Gasteiger partial charge is 0.192 e. The Morgan fingerprint density at radius 2 is 1.79 bits per heavy atom. The summed E-state index contributed by atoms with van der Waals surface area (Å²) >= 11 is 6.26. The van der Waals surface area contributed by atoms with E-state index in [1.165, 1.54) is 0 Å². The first-order chi connectivity index (χ1) is 11.0. The van der Waals surface area contributed by atoms with Crippen LogP contribution in [0, 0.1) is 0 Å². The van der Waals surface area contributed by atoms with Crippen LogP contribution >= 0.6 is 11.6 Å². The molecule has 1 rings (SSSR count). The summed E-state index contributed by atoms with van der Waals surface area (Å²) in [5, 5.41) is 0.207. The Morgan fingerprint density at radius 3 is 2.29 bits per heavy atom. The second-order valence-electron chi connectivity index (χ2n) is 7.57. The highest BCUT2D eigenvalue weighted by Gasteiger charge is 2.36. The van der Waals surface area contributed by atoms with Gasteiger partial charge in [-0.2, -0.15) is 0 Å². The largest absolute Gasteiger partial charge is 0.497 e. The molecule has 1 aromatic rings. The zero-order valence-corrected chi connectivity index (χ0v) is 17.7. The van der Waals surface area contributed by atoms with Gasteiger partial charge in [-0.15, -0.1) is 0 Å². The van der Waals surface area contributed by atoms with E-state index < -0.39 is 13.9 Å². The highest BCUT2D eigenvalue weighted by Crippen LogP contribution is 2.36. The lowest BCUT2D eigenvalue weighted by Crippen LogP contribution is -2.41. The van der Waals surface area contributed by atoms with Crippen LogP contribution in [-0.4, -0.2) is 27.6 Å². The highest BCUT2D eigenvalue weighted by atomic mass is 35.5. The Balaban J connectivity index is 2.46. The maximum absolute atomic E-state index is 6.26. The number of halogens is 1. The zero-order chi connectivity index (χ0) is 18.4. The van der Waals surface area contributed by atoms with Crippen LogP contribution in [0.3, 0.4) is 0 Å². The molecule has 136 valence electrons. The van der Waals surface area contributed by atoms with Gasteiger partial charge in [0.1, 0.15) is 5.75 Å². The molecule has 0 aromatic heterocycles. The first kappa shape index (κ1) is 21.2. The summed E-state index contributed by atoms with van der Waals surface area (Å²) in [6.45, 7) is 14.3. The second-order valence-corrected chi connectivity index (χ2v) is 12.8. The summed E-state index contributed by atoms with van der Waals surface area (Å²) in [7, 11) is -0.0830. The highest BCUT2D eigenvalue weighted by molar-refractivity contribution is 6.74. The Hall–Kier alpha value is -0.813. The third-order valence-electron chi connectivity index (χ3n) is 4.45. The number of alkyl halides is 1. The molecule has 0 N–H and O–H groups in total. The summed E-state index contributed by atoms with van der Waals surface area (Å²) in [4.78, 5) is 0. The van der Waals surface area contributed by atoms with Crippen molar-refractivity contribution < 1.29 is 13.9 Å². The van der Waals surface area contributed by atoms with Gasteiger partial charge in [0.2, 0.25) is 0 Å². The molecule has 0 radical (unpaired) electrons. The average Bonchev–Trinajstić information content (AvgIpc) is 2.50. The summed E-state index contributed by atoms with van der Waals surface area (Å²) in [6, 6.07) is 7.77. The predicted molar refractivity (Wildman–Crippen MR) is 104 cm³/mol. The third kappa shape index (κ3) is 6.97. The van der Waals surface area contributed by atoms with Crippen LogP contribution in [0.25, 0.3) is 0 Å². The number of hydrogen-bond donors (Lipinski definition) is 0. The molecule has 0 spiro atoms. The number of hydrogen-bond acceptors (Lipinski definition) is 3. The minimum absolute atomic E-state index is 0.207. The first-order valence-corrected chi connectivity index (χ1v) is 11.6. The van der Waals surface area contributed by atoms with Crippen LogP contribution in [0.4, 0.5) is 0 Å². The lowest BCUT2D eigenvalue weighted by Gasteiger charge is -2.36. The summed E-state index contributed by atoms with van der Waals surface area (Å²) in [5.74, 6) is 0.833. The molecule has 0 aliphatic carbocycles. The molecule has 0 saturated heterocycles. The summed E-state index contributed by atoms with van der Waals surface area (Å²) in [5.41, 5.74) is 1.69. The average molecular weight is 371 g/mol. The second kappa shape index (κ2) is 9.04. The van der Waals surface area contributed by atoms with Gasteiger partial charge in [0.05, 0.1) is 20.3 Å². The van der Waals surface area contributed by atoms with E-state index in [9.17, 15) is 0 Å². The molecule has 0 saturated carbocycles. The minimum atomic E-state index is -1.74. The van der Waals surface area contributed by atoms with E-state index in [0.717, 1.165) is 16.9 Å². The van der Waals surface area contributed by atoms with E-state index in [1.807, 2.05) is 37.3 Å². The molecule has 5 heteroatoms. The Labute approximate surface area is 153 Å². The molecular formula is C19H31ClO3Si. The van der Waals surface area contributed by atoms with Crippen LogP contribution in [0.2, 0.25) is 18.1 Å². The van der Waals surface area contributed by atoms with Crippen molar-refractivity contribution in [1.29, 1.82) is 0 Å².